The van der Waals surface area contributed by atoms with E-state index in [0.29, 0.717) is 34.6 Å². The van der Waals surface area contributed by atoms with E-state index in [9.17, 15) is 9.59 Å². The molecule has 1 N–H and O–H groups in total. The zero-order valence-electron chi connectivity index (χ0n) is 12.3. The van der Waals surface area contributed by atoms with Crippen molar-refractivity contribution in [3.05, 3.63) is 63.1 Å². The fraction of sp³-hybridized carbons (Fsp3) is 0.176. The fourth-order valence-corrected chi connectivity index (χ4v) is 2.59. The van der Waals surface area contributed by atoms with E-state index in [4.69, 9.17) is 9.47 Å². The molecule has 0 saturated heterocycles. The highest BCUT2D eigenvalue weighted by Crippen LogP contribution is 2.36. The number of H-pyrrole nitrogens is 1. The summed E-state index contributed by atoms with van der Waals surface area (Å²) < 4.78 is 10.5. The lowest BCUT2D eigenvalue weighted by Gasteiger charge is -2.08. The van der Waals surface area contributed by atoms with Crippen LogP contribution in [0.4, 0.5) is 0 Å². The minimum absolute atomic E-state index is 0.0841. The molecule has 1 heterocycles. The van der Waals surface area contributed by atoms with Gasteiger partial charge in [0.25, 0.3) is 5.56 Å². The zero-order chi connectivity index (χ0) is 15.7. The molecule has 1 aliphatic rings. The van der Waals surface area contributed by atoms with Gasteiger partial charge in [-0.15, -0.1) is 0 Å². The number of allylic oxidation sites excluding steroid dienone is 1. The number of methoxy groups -OCH3 is 2. The lowest BCUT2D eigenvalue weighted by atomic mass is 10.1. The monoisotopic (exact) mass is 297 g/mol. The Morgan fingerprint density at radius 2 is 1.86 bits per heavy atom. The van der Waals surface area contributed by atoms with Crippen molar-refractivity contribution in [3.63, 3.8) is 0 Å². The molecule has 5 heteroatoms. The Labute approximate surface area is 127 Å². The maximum Gasteiger partial charge on any atom is 0.255 e. The van der Waals surface area contributed by atoms with Crippen molar-refractivity contribution in [1.82, 2.24) is 4.98 Å². The number of ketones is 1. The van der Waals surface area contributed by atoms with Gasteiger partial charge in [0.2, 0.25) is 0 Å². The first-order valence-corrected chi connectivity index (χ1v) is 6.82. The molecule has 0 fully saturated rings. The van der Waals surface area contributed by atoms with E-state index in [1.54, 1.807) is 37.6 Å². The number of pyridine rings is 1. The van der Waals surface area contributed by atoms with Crippen LogP contribution in [-0.4, -0.2) is 25.0 Å². The minimum Gasteiger partial charge on any atom is -0.493 e. The highest BCUT2D eigenvalue weighted by atomic mass is 16.5. The molecule has 1 aromatic carbocycles. The van der Waals surface area contributed by atoms with Gasteiger partial charge in [-0.2, -0.15) is 0 Å². The summed E-state index contributed by atoms with van der Waals surface area (Å²) in [5.41, 5.74) is 2.31. The number of ether oxygens (including phenoxy) is 2. The number of hydrogen-bond donors (Lipinski definition) is 1. The van der Waals surface area contributed by atoms with E-state index in [-0.39, 0.29) is 11.3 Å². The van der Waals surface area contributed by atoms with Crippen molar-refractivity contribution in [3.8, 4) is 11.5 Å². The van der Waals surface area contributed by atoms with Gasteiger partial charge in [-0.25, -0.2) is 0 Å². The number of aromatic nitrogens is 1. The molecular formula is C17H15NO4. The van der Waals surface area contributed by atoms with Crippen molar-refractivity contribution in [2.45, 2.75) is 6.42 Å². The van der Waals surface area contributed by atoms with Gasteiger partial charge in [-0.3, -0.25) is 9.59 Å². The molecule has 22 heavy (non-hydrogen) atoms. The van der Waals surface area contributed by atoms with Crippen LogP contribution in [0.3, 0.4) is 0 Å². The summed E-state index contributed by atoms with van der Waals surface area (Å²) in [6, 6.07) is 6.91. The normalized spacial score (nSPS) is 15.0. The van der Waals surface area contributed by atoms with Crippen molar-refractivity contribution in [2.75, 3.05) is 14.2 Å². The highest BCUT2D eigenvalue weighted by molar-refractivity contribution is 6.15. The van der Waals surface area contributed by atoms with Crippen LogP contribution in [0.5, 0.6) is 11.5 Å². The van der Waals surface area contributed by atoms with E-state index < -0.39 is 0 Å². The number of rotatable bonds is 3. The number of hydrogen-bond acceptors (Lipinski definition) is 4. The molecule has 1 aromatic heterocycles. The molecule has 0 bridgehead atoms. The summed E-state index contributed by atoms with van der Waals surface area (Å²) >= 11 is 0. The van der Waals surface area contributed by atoms with E-state index >= 15 is 0 Å². The van der Waals surface area contributed by atoms with Crippen molar-refractivity contribution < 1.29 is 14.3 Å². The lowest BCUT2D eigenvalue weighted by molar-refractivity contribution is 0.104. The van der Waals surface area contributed by atoms with Crippen molar-refractivity contribution in [1.29, 1.82) is 0 Å². The van der Waals surface area contributed by atoms with Crippen LogP contribution in [0.2, 0.25) is 0 Å². The largest absolute Gasteiger partial charge is 0.493 e. The fourth-order valence-electron chi connectivity index (χ4n) is 2.59. The number of benzene rings is 1. The lowest BCUT2D eigenvalue weighted by Crippen LogP contribution is -2.08. The number of nitrogens with one attached hydrogen (secondary N) is 1. The summed E-state index contributed by atoms with van der Waals surface area (Å²) in [4.78, 5) is 26.8. The molecule has 0 radical (unpaired) electrons. The molecule has 0 unspecified atom stereocenters. The molecule has 5 nitrogen and oxygen atoms in total. The molecule has 0 aliphatic heterocycles. The van der Waals surface area contributed by atoms with Gasteiger partial charge in [-0.1, -0.05) is 0 Å². The maximum absolute atomic E-state index is 12.5. The third kappa shape index (κ3) is 2.30. The van der Waals surface area contributed by atoms with Crippen LogP contribution in [-0.2, 0) is 6.42 Å². The molecule has 1 aliphatic carbocycles. The third-order valence-electron chi connectivity index (χ3n) is 3.70. The van der Waals surface area contributed by atoms with Gasteiger partial charge >= 0.3 is 0 Å². The summed E-state index contributed by atoms with van der Waals surface area (Å²) in [6.45, 7) is 0. The SMILES string of the molecule is COc1cc2c(cc1OC)C(=O)C(=Cc1ccc[nH]c1=O)C2. The topological polar surface area (TPSA) is 68.4 Å². The maximum atomic E-state index is 12.5. The van der Waals surface area contributed by atoms with Crippen LogP contribution >= 0.6 is 0 Å². The predicted octanol–water partition coefficient (Wildman–Crippen LogP) is 2.21. The van der Waals surface area contributed by atoms with Gasteiger partial charge in [0, 0.05) is 29.3 Å². The predicted molar refractivity (Wildman–Crippen MR) is 82.6 cm³/mol. The van der Waals surface area contributed by atoms with Crippen molar-refractivity contribution in [2.24, 2.45) is 0 Å². The second-order valence-corrected chi connectivity index (χ2v) is 4.99. The van der Waals surface area contributed by atoms with Gasteiger partial charge < -0.3 is 14.5 Å². The molecule has 0 saturated carbocycles. The second kappa shape index (κ2) is 5.52. The van der Waals surface area contributed by atoms with E-state index in [2.05, 4.69) is 4.98 Å². The standard InChI is InChI=1S/C17H15NO4/c1-21-14-8-11-7-12(6-10-4-3-5-18-17(10)20)16(19)13(11)9-15(14)22-2/h3-6,8-9H,7H2,1-2H3,(H,18,20). The Kier molecular flexibility index (Phi) is 3.55. The second-order valence-electron chi connectivity index (χ2n) is 4.99. The van der Waals surface area contributed by atoms with Crippen molar-refractivity contribution >= 4 is 11.9 Å². The first kappa shape index (κ1) is 14.1. The van der Waals surface area contributed by atoms with E-state index in [0.717, 1.165) is 5.56 Å². The summed E-state index contributed by atoms with van der Waals surface area (Å²) in [5.74, 6) is 1.03. The zero-order valence-corrected chi connectivity index (χ0v) is 12.3. The molecule has 112 valence electrons. The number of carbonyl (C=O) groups is 1. The van der Waals surface area contributed by atoms with Gasteiger partial charge in [0.1, 0.15) is 0 Å². The Morgan fingerprint density at radius 3 is 2.55 bits per heavy atom. The first-order valence-electron chi connectivity index (χ1n) is 6.82. The Bertz CT molecular complexity index is 833. The summed E-state index contributed by atoms with van der Waals surface area (Å²) in [5, 5.41) is 0. The molecule has 0 atom stereocenters. The van der Waals surface area contributed by atoms with Crippen LogP contribution in [0.1, 0.15) is 21.5 Å². The average Bonchev–Trinajstić information content (AvgIpc) is 2.84. The Balaban J connectivity index is 2.05. The number of carbonyl (C=O) groups excluding carboxylic acids is 1. The van der Waals surface area contributed by atoms with Crippen LogP contribution in [0.25, 0.3) is 6.08 Å². The average molecular weight is 297 g/mol. The number of Topliss-reactive ketones (excluding diaryl/α,β-unsaturated/α-hetero) is 1. The molecule has 3 rings (SSSR count). The smallest absolute Gasteiger partial charge is 0.255 e. The molecule has 2 aromatic rings. The quantitative estimate of drug-likeness (QED) is 0.882. The third-order valence-corrected chi connectivity index (χ3v) is 3.70. The van der Waals surface area contributed by atoms with E-state index in [1.807, 2.05) is 6.07 Å². The van der Waals surface area contributed by atoms with E-state index in [1.165, 1.54) is 7.11 Å². The first-order chi connectivity index (χ1) is 10.6. The molecule has 0 amide bonds. The van der Waals surface area contributed by atoms with Crippen LogP contribution < -0.4 is 15.0 Å². The number of fused-ring (bicyclic) bond motifs is 1. The molecular weight excluding hydrogens is 282 g/mol. The molecule has 0 spiro atoms. The van der Waals surface area contributed by atoms with Crippen LogP contribution in [0.15, 0.2) is 40.8 Å². The summed E-state index contributed by atoms with van der Waals surface area (Å²) in [7, 11) is 3.09. The van der Waals surface area contributed by atoms with Gasteiger partial charge in [0.05, 0.1) is 14.2 Å². The Hall–Kier alpha value is -2.82. The van der Waals surface area contributed by atoms with Gasteiger partial charge in [0.15, 0.2) is 17.3 Å². The van der Waals surface area contributed by atoms with Crippen LogP contribution in [0, 0.1) is 0 Å². The Morgan fingerprint density at radius 1 is 1.14 bits per heavy atom. The number of aromatic amines is 1. The van der Waals surface area contributed by atoms with Gasteiger partial charge in [-0.05, 0) is 35.9 Å². The highest BCUT2D eigenvalue weighted by Gasteiger charge is 2.27. The minimum atomic E-state index is -0.214. The summed E-state index contributed by atoms with van der Waals surface area (Å²) in [6.07, 6.45) is 3.67.